The molecule has 0 fully saturated rings. The fourth-order valence-corrected chi connectivity index (χ4v) is 2.24. The topological polar surface area (TPSA) is 42.0 Å². The second-order valence-corrected chi connectivity index (χ2v) is 6.06. The van der Waals surface area contributed by atoms with Gasteiger partial charge in [0.2, 0.25) is 5.91 Å². The van der Waals surface area contributed by atoms with Gasteiger partial charge in [-0.2, -0.15) is 0 Å². The third-order valence-electron chi connectivity index (χ3n) is 3.30. The minimum Gasteiger partial charge on any atom is -0.311 e. The molecular weight excluding hydrogens is 328 g/mol. The molecule has 21 heavy (non-hydrogen) atoms. The van der Waals surface area contributed by atoms with Gasteiger partial charge in [-0.15, -0.1) is 0 Å². The van der Waals surface area contributed by atoms with E-state index < -0.39 is 0 Å². The maximum Gasteiger partial charge on any atom is 0.225 e. The van der Waals surface area contributed by atoms with Crippen molar-refractivity contribution >= 4 is 27.7 Å². The molecule has 0 aliphatic heterocycles. The number of halogens is 1. The quantitative estimate of drug-likeness (QED) is 0.870. The Morgan fingerprint density at radius 2 is 1.95 bits per heavy atom. The highest BCUT2D eigenvalue weighted by Gasteiger charge is 2.05. The van der Waals surface area contributed by atoms with Crippen LogP contribution in [-0.2, 0) is 11.2 Å². The smallest absolute Gasteiger partial charge is 0.225 e. The van der Waals surface area contributed by atoms with Crippen molar-refractivity contribution in [1.29, 1.82) is 0 Å². The molecule has 0 bridgehead atoms. The van der Waals surface area contributed by atoms with Gasteiger partial charge in [0.1, 0.15) is 5.82 Å². The Labute approximate surface area is 133 Å². The molecule has 2 aromatic rings. The summed E-state index contributed by atoms with van der Waals surface area (Å²) in [6.45, 7) is 4.04. The summed E-state index contributed by atoms with van der Waals surface area (Å²) in [6.07, 6.45) is 3.97. The van der Waals surface area contributed by atoms with Gasteiger partial charge in [-0.25, -0.2) is 4.98 Å². The van der Waals surface area contributed by atoms with Crippen LogP contribution in [0.4, 0.5) is 5.82 Å². The van der Waals surface area contributed by atoms with Crippen LogP contribution in [0.5, 0.6) is 0 Å². The Morgan fingerprint density at radius 3 is 2.62 bits per heavy atom. The van der Waals surface area contributed by atoms with Crippen molar-refractivity contribution in [2.24, 2.45) is 0 Å². The predicted molar refractivity (Wildman–Crippen MR) is 89.4 cm³/mol. The molecule has 1 aromatic heterocycles. The molecule has 1 aromatic carbocycles. The lowest BCUT2D eigenvalue weighted by Crippen LogP contribution is -2.12. The summed E-state index contributed by atoms with van der Waals surface area (Å²) < 4.78 is 0.944. The lowest BCUT2D eigenvalue weighted by molar-refractivity contribution is -0.116. The zero-order valence-electron chi connectivity index (χ0n) is 12.3. The summed E-state index contributed by atoms with van der Waals surface area (Å²) in [5.74, 6) is 0.618. The molecule has 0 saturated heterocycles. The van der Waals surface area contributed by atoms with E-state index in [2.05, 4.69) is 57.4 Å². The van der Waals surface area contributed by atoms with Gasteiger partial charge in [0.25, 0.3) is 0 Å². The van der Waals surface area contributed by atoms with Crippen molar-refractivity contribution in [1.82, 2.24) is 4.98 Å². The first-order valence-electron chi connectivity index (χ1n) is 7.02. The van der Waals surface area contributed by atoms with E-state index in [0.717, 1.165) is 22.9 Å². The highest BCUT2D eigenvalue weighted by Crippen LogP contribution is 2.17. The predicted octanol–water partition coefficient (Wildman–Crippen LogP) is 4.42. The molecule has 4 heteroatoms. The fourth-order valence-electron chi connectivity index (χ4n) is 2.02. The lowest BCUT2D eigenvalue weighted by atomic mass is 10.1. The number of carbonyl (C=O) groups is 1. The standard InChI is InChI=1S/C17H19BrN2O/c1-12-6-8-14(9-7-12)4-3-5-17(21)20-16-10-13(2)15(18)11-19-16/h6-11H,3-5H2,1-2H3,(H,19,20,21). The van der Waals surface area contributed by atoms with Crippen LogP contribution >= 0.6 is 15.9 Å². The number of carbonyl (C=O) groups excluding carboxylic acids is 1. The molecule has 2 rings (SSSR count). The number of amides is 1. The van der Waals surface area contributed by atoms with Crippen molar-refractivity contribution in [3.8, 4) is 0 Å². The molecule has 0 unspecified atom stereocenters. The van der Waals surface area contributed by atoms with Gasteiger partial charge in [0, 0.05) is 17.1 Å². The minimum absolute atomic E-state index is 0.0105. The Hall–Kier alpha value is -1.68. The van der Waals surface area contributed by atoms with Crippen LogP contribution in [0.3, 0.4) is 0 Å². The molecular formula is C17H19BrN2O. The molecule has 1 amide bonds. The Bertz CT molecular complexity index is 623. The van der Waals surface area contributed by atoms with Crippen LogP contribution < -0.4 is 5.32 Å². The summed E-state index contributed by atoms with van der Waals surface area (Å²) in [7, 11) is 0. The molecule has 110 valence electrons. The van der Waals surface area contributed by atoms with E-state index in [1.54, 1.807) is 6.20 Å². The summed E-state index contributed by atoms with van der Waals surface area (Å²) in [5.41, 5.74) is 3.58. The molecule has 0 aliphatic carbocycles. The average molecular weight is 347 g/mol. The number of hydrogen-bond donors (Lipinski definition) is 1. The van der Waals surface area contributed by atoms with Crippen LogP contribution in [0.1, 0.15) is 29.5 Å². The fraction of sp³-hybridized carbons (Fsp3) is 0.294. The number of anilines is 1. The van der Waals surface area contributed by atoms with E-state index in [9.17, 15) is 4.79 Å². The van der Waals surface area contributed by atoms with Gasteiger partial charge < -0.3 is 5.32 Å². The van der Waals surface area contributed by atoms with E-state index in [4.69, 9.17) is 0 Å². The first kappa shape index (κ1) is 15.7. The number of benzene rings is 1. The van der Waals surface area contributed by atoms with Gasteiger partial charge >= 0.3 is 0 Å². The van der Waals surface area contributed by atoms with Crippen LogP contribution in [-0.4, -0.2) is 10.9 Å². The summed E-state index contributed by atoms with van der Waals surface area (Å²) in [4.78, 5) is 16.1. The molecule has 1 heterocycles. The first-order valence-corrected chi connectivity index (χ1v) is 7.81. The number of nitrogens with one attached hydrogen (secondary N) is 1. The monoisotopic (exact) mass is 346 g/mol. The molecule has 0 radical (unpaired) electrons. The SMILES string of the molecule is Cc1ccc(CCCC(=O)Nc2cc(C)c(Br)cn2)cc1. The molecule has 0 aliphatic rings. The Morgan fingerprint density at radius 1 is 1.24 bits per heavy atom. The highest BCUT2D eigenvalue weighted by molar-refractivity contribution is 9.10. The van der Waals surface area contributed by atoms with Crippen LogP contribution in [0.15, 0.2) is 41.0 Å². The molecule has 3 nitrogen and oxygen atoms in total. The second kappa shape index (κ2) is 7.36. The van der Waals surface area contributed by atoms with Crippen molar-refractivity contribution in [2.75, 3.05) is 5.32 Å². The lowest BCUT2D eigenvalue weighted by Gasteiger charge is -2.06. The van der Waals surface area contributed by atoms with Crippen LogP contribution in [0.2, 0.25) is 0 Å². The maximum atomic E-state index is 11.9. The number of aryl methyl sites for hydroxylation is 3. The minimum atomic E-state index is 0.0105. The first-order chi connectivity index (χ1) is 10.0. The number of nitrogens with zero attached hydrogens (tertiary/aromatic N) is 1. The second-order valence-electron chi connectivity index (χ2n) is 5.21. The van der Waals surface area contributed by atoms with E-state index in [0.29, 0.717) is 12.2 Å². The third kappa shape index (κ3) is 4.97. The summed E-state index contributed by atoms with van der Waals surface area (Å²) in [5, 5.41) is 2.83. The zero-order valence-corrected chi connectivity index (χ0v) is 13.9. The van der Waals surface area contributed by atoms with Gasteiger partial charge in [0.15, 0.2) is 0 Å². The maximum absolute atomic E-state index is 11.9. The van der Waals surface area contributed by atoms with E-state index in [-0.39, 0.29) is 5.91 Å². The van der Waals surface area contributed by atoms with Crippen molar-refractivity contribution in [3.63, 3.8) is 0 Å². The van der Waals surface area contributed by atoms with Gasteiger partial charge in [-0.3, -0.25) is 4.79 Å². The zero-order chi connectivity index (χ0) is 15.2. The highest BCUT2D eigenvalue weighted by atomic mass is 79.9. The molecule has 0 atom stereocenters. The van der Waals surface area contributed by atoms with E-state index in [1.807, 2.05) is 13.0 Å². The largest absolute Gasteiger partial charge is 0.311 e. The molecule has 1 N–H and O–H groups in total. The van der Waals surface area contributed by atoms with E-state index >= 15 is 0 Å². The average Bonchev–Trinajstić information content (AvgIpc) is 2.45. The number of aromatic nitrogens is 1. The van der Waals surface area contributed by atoms with Crippen LogP contribution in [0.25, 0.3) is 0 Å². The molecule has 0 saturated carbocycles. The van der Waals surface area contributed by atoms with Crippen molar-refractivity contribution in [3.05, 3.63) is 57.7 Å². The Kier molecular flexibility index (Phi) is 5.51. The number of pyridine rings is 1. The number of rotatable bonds is 5. The normalized spacial score (nSPS) is 10.4. The van der Waals surface area contributed by atoms with Crippen molar-refractivity contribution in [2.45, 2.75) is 33.1 Å². The summed E-state index contributed by atoms with van der Waals surface area (Å²) in [6, 6.07) is 10.3. The van der Waals surface area contributed by atoms with Gasteiger partial charge in [-0.1, -0.05) is 29.8 Å². The molecule has 0 spiro atoms. The van der Waals surface area contributed by atoms with Crippen LogP contribution in [0, 0.1) is 13.8 Å². The van der Waals surface area contributed by atoms with Gasteiger partial charge in [-0.05, 0) is 59.8 Å². The Balaban J connectivity index is 1.79. The van der Waals surface area contributed by atoms with E-state index in [1.165, 1.54) is 11.1 Å². The summed E-state index contributed by atoms with van der Waals surface area (Å²) >= 11 is 3.39. The number of hydrogen-bond acceptors (Lipinski definition) is 2. The van der Waals surface area contributed by atoms with Gasteiger partial charge in [0.05, 0.1) is 0 Å². The van der Waals surface area contributed by atoms with Crippen molar-refractivity contribution < 1.29 is 4.79 Å². The third-order valence-corrected chi connectivity index (χ3v) is 4.13.